The van der Waals surface area contributed by atoms with Gasteiger partial charge in [0.25, 0.3) is 0 Å². The molecular formula is C23H42N6S. The molecule has 30 heavy (non-hydrogen) atoms. The second-order valence-electron chi connectivity index (χ2n) is 8.67. The van der Waals surface area contributed by atoms with Gasteiger partial charge in [-0.25, -0.2) is 0 Å². The quantitative estimate of drug-likeness (QED) is 0.462. The van der Waals surface area contributed by atoms with Crippen molar-refractivity contribution in [1.29, 1.82) is 0 Å². The van der Waals surface area contributed by atoms with Gasteiger partial charge in [-0.15, -0.1) is 11.3 Å². The Hall–Kier alpha value is -1.15. The van der Waals surface area contributed by atoms with Crippen molar-refractivity contribution >= 4 is 17.3 Å². The van der Waals surface area contributed by atoms with Crippen LogP contribution in [0.1, 0.15) is 44.5 Å². The third-order valence-corrected chi connectivity index (χ3v) is 7.50. The lowest BCUT2D eigenvalue weighted by Gasteiger charge is -2.35. The number of nitrogens with one attached hydrogen (secondary N) is 2. The van der Waals surface area contributed by atoms with Gasteiger partial charge in [0.2, 0.25) is 0 Å². The number of thiophene rings is 1. The van der Waals surface area contributed by atoms with Crippen LogP contribution in [-0.4, -0.2) is 92.7 Å². The third-order valence-electron chi connectivity index (χ3n) is 6.53. The molecule has 0 saturated carbocycles. The van der Waals surface area contributed by atoms with Gasteiger partial charge in [-0.3, -0.25) is 14.8 Å². The summed E-state index contributed by atoms with van der Waals surface area (Å²) in [6, 6.07) is 4.85. The largest absolute Gasteiger partial charge is 0.357 e. The average molecular weight is 435 g/mol. The molecule has 0 amide bonds. The molecule has 7 heteroatoms. The van der Waals surface area contributed by atoms with Gasteiger partial charge >= 0.3 is 0 Å². The fraction of sp³-hybridized carbons (Fsp3) is 0.783. The van der Waals surface area contributed by atoms with Crippen molar-refractivity contribution in [2.75, 3.05) is 72.0 Å². The highest BCUT2D eigenvalue weighted by molar-refractivity contribution is 7.10. The fourth-order valence-electron chi connectivity index (χ4n) is 4.39. The van der Waals surface area contributed by atoms with E-state index in [-0.39, 0.29) is 0 Å². The summed E-state index contributed by atoms with van der Waals surface area (Å²) in [6.45, 7) is 18.8. The first kappa shape index (κ1) is 23.5. The summed E-state index contributed by atoms with van der Waals surface area (Å²) < 4.78 is 0. The Labute approximate surface area is 187 Å². The molecule has 2 aliphatic rings. The molecule has 0 radical (unpaired) electrons. The maximum atomic E-state index is 5.00. The summed E-state index contributed by atoms with van der Waals surface area (Å²) in [5, 5.41) is 9.21. The third kappa shape index (κ3) is 7.22. The van der Waals surface area contributed by atoms with Crippen molar-refractivity contribution in [3.63, 3.8) is 0 Å². The van der Waals surface area contributed by atoms with Crippen molar-refractivity contribution in [2.24, 2.45) is 10.9 Å². The number of guanidine groups is 1. The van der Waals surface area contributed by atoms with E-state index in [0.717, 1.165) is 38.1 Å². The Bertz CT molecular complexity index is 603. The smallest absolute Gasteiger partial charge is 0.191 e. The van der Waals surface area contributed by atoms with Gasteiger partial charge in [0.1, 0.15) is 0 Å². The number of likely N-dealkylation sites (tertiary alicyclic amines) is 1. The van der Waals surface area contributed by atoms with Gasteiger partial charge in [0.05, 0.1) is 12.6 Å². The summed E-state index contributed by atoms with van der Waals surface area (Å²) in [5.41, 5.74) is 0. The van der Waals surface area contributed by atoms with Crippen LogP contribution < -0.4 is 10.6 Å². The van der Waals surface area contributed by atoms with Gasteiger partial charge in [-0.1, -0.05) is 19.9 Å². The zero-order valence-corrected chi connectivity index (χ0v) is 20.1. The van der Waals surface area contributed by atoms with Crippen molar-refractivity contribution in [2.45, 2.75) is 39.7 Å². The molecule has 0 spiro atoms. The van der Waals surface area contributed by atoms with Gasteiger partial charge in [0.15, 0.2) is 5.96 Å². The Kier molecular flexibility index (Phi) is 9.91. The summed E-state index contributed by atoms with van der Waals surface area (Å²) in [5.74, 6) is 1.81. The molecule has 3 rings (SSSR count). The maximum Gasteiger partial charge on any atom is 0.191 e. The van der Waals surface area contributed by atoms with E-state index in [4.69, 9.17) is 4.99 Å². The molecule has 1 aromatic heterocycles. The highest BCUT2D eigenvalue weighted by Gasteiger charge is 2.25. The fourth-order valence-corrected chi connectivity index (χ4v) is 5.24. The lowest BCUT2D eigenvalue weighted by atomic mass is 9.97. The minimum atomic E-state index is 0.398. The van der Waals surface area contributed by atoms with Gasteiger partial charge < -0.3 is 15.5 Å². The molecule has 0 aliphatic carbocycles. The molecule has 3 heterocycles. The molecule has 2 saturated heterocycles. The number of piperidine rings is 1. The number of likely N-dealkylation sites (N-methyl/N-ethyl adjacent to an activating group) is 1. The van der Waals surface area contributed by atoms with Crippen LogP contribution in [0.2, 0.25) is 0 Å². The van der Waals surface area contributed by atoms with Crippen LogP contribution in [0.4, 0.5) is 0 Å². The van der Waals surface area contributed by atoms with E-state index in [1.807, 2.05) is 11.3 Å². The Morgan fingerprint density at radius 2 is 1.83 bits per heavy atom. The van der Waals surface area contributed by atoms with E-state index in [1.54, 1.807) is 0 Å². The lowest BCUT2D eigenvalue weighted by molar-refractivity contribution is 0.139. The molecule has 2 aliphatic heterocycles. The second-order valence-corrected chi connectivity index (χ2v) is 9.65. The van der Waals surface area contributed by atoms with E-state index in [2.05, 4.69) is 63.6 Å². The normalized spacial score (nSPS) is 21.6. The standard InChI is InChI=1S/C23H42N6S/c1-4-24-23(25-10-13-28-16-14-27(5-2)15-17-28)26-19-21(22-7-6-18-30-22)29-11-8-20(3)9-12-29/h6-7,18,20-21H,4-5,8-17,19H2,1-3H3,(H2,24,25,26). The van der Waals surface area contributed by atoms with Gasteiger partial charge in [0, 0.05) is 50.7 Å². The van der Waals surface area contributed by atoms with E-state index in [1.165, 1.54) is 63.5 Å². The summed E-state index contributed by atoms with van der Waals surface area (Å²) in [4.78, 5) is 14.2. The Morgan fingerprint density at radius 3 is 2.47 bits per heavy atom. The average Bonchev–Trinajstić information content (AvgIpc) is 3.30. The van der Waals surface area contributed by atoms with Crippen LogP contribution in [0.15, 0.2) is 22.5 Å². The van der Waals surface area contributed by atoms with E-state index in [9.17, 15) is 0 Å². The van der Waals surface area contributed by atoms with E-state index >= 15 is 0 Å². The number of piperazine rings is 1. The van der Waals surface area contributed by atoms with Crippen molar-refractivity contribution in [3.05, 3.63) is 22.4 Å². The molecule has 170 valence electrons. The van der Waals surface area contributed by atoms with Gasteiger partial charge in [-0.2, -0.15) is 0 Å². The Balaban J connectivity index is 1.52. The summed E-state index contributed by atoms with van der Waals surface area (Å²) in [7, 11) is 0. The zero-order valence-electron chi connectivity index (χ0n) is 19.3. The van der Waals surface area contributed by atoms with Crippen LogP contribution >= 0.6 is 11.3 Å². The molecule has 0 bridgehead atoms. The van der Waals surface area contributed by atoms with Crippen molar-refractivity contribution in [1.82, 2.24) is 25.3 Å². The van der Waals surface area contributed by atoms with Crippen LogP contribution in [0.5, 0.6) is 0 Å². The molecule has 2 N–H and O–H groups in total. The van der Waals surface area contributed by atoms with E-state index in [0.29, 0.717) is 6.04 Å². The highest BCUT2D eigenvalue weighted by Crippen LogP contribution is 2.29. The van der Waals surface area contributed by atoms with Crippen molar-refractivity contribution < 1.29 is 0 Å². The zero-order chi connectivity index (χ0) is 21.2. The molecule has 2 fully saturated rings. The first-order valence-corrected chi connectivity index (χ1v) is 12.8. The molecule has 6 nitrogen and oxygen atoms in total. The number of nitrogens with zero attached hydrogens (tertiary/aromatic N) is 4. The minimum Gasteiger partial charge on any atom is -0.357 e. The second kappa shape index (κ2) is 12.6. The predicted molar refractivity (Wildman–Crippen MR) is 130 cm³/mol. The Morgan fingerprint density at radius 1 is 1.10 bits per heavy atom. The minimum absolute atomic E-state index is 0.398. The number of rotatable bonds is 9. The number of aliphatic imine (C=N–C) groups is 1. The molecule has 1 atom stereocenters. The van der Waals surface area contributed by atoms with Crippen LogP contribution in [0.3, 0.4) is 0 Å². The monoisotopic (exact) mass is 434 g/mol. The highest BCUT2D eigenvalue weighted by atomic mass is 32.1. The maximum absolute atomic E-state index is 5.00. The first-order chi connectivity index (χ1) is 14.7. The predicted octanol–water partition coefficient (Wildman–Crippen LogP) is 2.71. The first-order valence-electron chi connectivity index (χ1n) is 11.9. The van der Waals surface area contributed by atoms with E-state index < -0.39 is 0 Å². The molecule has 0 aromatic carbocycles. The van der Waals surface area contributed by atoms with Crippen LogP contribution in [-0.2, 0) is 0 Å². The number of hydrogen-bond donors (Lipinski definition) is 2. The van der Waals surface area contributed by atoms with Crippen LogP contribution in [0.25, 0.3) is 0 Å². The summed E-state index contributed by atoms with van der Waals surface area (Å²) >= 11 is 1.87. The lowest BCUT2D eigenvalue weighted by Crippen LogP contribution is -2.49. The molecule has 1 aromatic rings. The van der Waals surface area contributed by atoms with Gasteiger partial charge in [-0.05, 0) is 56.8 Å². The topological polar surface area (TPSA) is 46.1 Å². The molecule has 1 unspecified atom stereocenters. The van der Waals surface area contributed by atoms with Crippen molar-refractivity contribution in [3.8, 4) is 0 Å². The number of hydrogen-bond acceptors (Lipinski definition) is 5. The van der Waals surface area contributed by atoms with Crippen LogP contribution in [0, 0.1) is 5.92 Å². The molecular weight excluding hydrogens is 392 g/mol. The summed E-state index contributed by atoms with van der Waals surface area (Å²) in [6.07, 6.45) is 2.60. The SMILES string of the molecule is CCNC(=NCC(c1cccs1)N1CCC(C)CC1)NCCN1CCN(CC)CC1.